The number of aryl methyl sites for hydroxylation is 1. The van der Waals surface area contributed by atoms with Gasteiger partial charge in [0.05, 0.1) is 17.1 Å². The number of fused-ring (bicyclic) bond motifs is 1. The van der Waals surface area contributed by atoms with E-state index in [-0.39, 0.29) is 5.25 Å². The Morgan fingerprint density at radius 3 is 2.77 bits per heavy atom. The summed E-state index contributed by atoms with van der Waals surface area (Å²) < 4.78 is 18.8. The van der Waals surface area contributed by atoms with E-state index in [1.165, 1.54) is 0 Å². The maximum atomic E-state index is 5.70. The standard InChI is InChI=1S/C18H20N4O3S/c1-4-22-14(13-5-6-15-16(9-13)24-8-7-23-15)10-19-18(22)26-11(2)17-20-12(3)21-25-17/h5-6,9-11H,4,7-8H2,1-3H3. The number of nitrogens with zero attached hydrogens (tertiary/aromatic N) is 4. The predicted octanol–water partition coefficient (Wildman–Crippen LogP) is 3.89. The predicted molar refractivity (Wildman–Crippen MR) is 97.6 cm³/mol. The smallest absolute Gasteiger partial charge is 0.239 e. The van der Waals surface area contributed by atoms with Crippen LogP contribution >= 0.6 is 11.8 Å². The van der Waals surface area contributed by atoms with Crippen molar-refractivity contribution in [3.63, 3.8) is 0 Å². The van der Waals surface area contributed by atoms with Gasteiger partial charge in [0, 0.05) is 12.1 Å². The Morgan fingerprint density at radius 2 is 2.04 bits per heavy atom. The molecule has 8 heteroatoms. The van der Waals surface area contributed by atoms with Crippen LogP contribution in [0.2, 0.25) is 0 Å². The molecule has 0 N–H and O–H groups in total. The van der Waals surface area contributed by atoms with Crippen LogP contribution in [0.4, 0.5) is 0 Å². The summed E-state index contributed by atoms with van der Waals surface area (Å²) in [6.07, 6.45) is 1.89. The molecule has 1 atom stereocenters. The molecule has 26 heavy (non-hydrogen) atoms. The topological polar surface area (TPSA) is 75.2 Å². The van der Waals surface area contributed by atoms with Crippen LogP contribution in [0.5, 0.6) is 11.5 Å². The van der Waals surface area contributed by atoms with Crippen molar-refractivity contribution in [3.05, 3.63) is 36.1 Å². The van der Waals surface area contributed by atoms with Crippen molar-refractivity contribution < 1.29 is 14.0 Å². The van der Waals surface area contributed by atoms with Crippen molar-refractivity contribution in [1.29, 1.82) is 0 Å². The number of rotatable bonds is 5. The first-order chi connectivity index (χ1) is 12.7. The van der Waals surface area contributed by atoms with Crippen molar-refractivity contribution in [2.45, 2.75) is 37.7 Å². The van der Waals surface area contributed by atoms with E-state index in [0.717, 1.165) is 34.5 Å². The maximum absolute atomic E-state index is 5.70. The van der Waals surface area contributed by atoms with E-state index in [4.69, 9.17) is 14.0 Å². The fourth-order valence-corrected chi connectivity index (χ4v) is 3.86. The average Bonchev–Trinajstić information content (AvgIpc) is 3.27. The number of imidazole rings is 1. The molecule has 0 bridgehead atoms. The SMILES string of the molecule is CCn1c(-c2ccc3c(c2)OCCO3)cnc1SC(C)c1nc(C)no1. The van der Waals surface area contributed by atoms with Crippen molar-refractivity contribution >= 4 is 11.8 Å². The Bertz CT molecular complexity index is 921. The Labute approximate surface area is 155 Å². The average molecular weight is 372 g/mol. The number of benzene rings is 1. The Morgan fingerprint density at radius 1 is 1.23 bits per heavy atom. The second-order valence-electron chi connectivity index (χ2n) is 5.97. The first kappa shape index (κ1) is 17.0. The second kappa shape index (κ2) is 7.03. The van der Waals surface area contributed by atoms with Gasteiger partial charge in [-0.1, -0.05) is 16.9 Å². The minimum atomic E-state index is 0.0250. The van der Waals surface area contributed by atoms with Gasteiger partial charge in [0.2, 0.25) is 5.89 Å². The third-order valence-corrected chi connectivity index (χ3v) is 5.24. The molecule has 0 saturated heterocycles. The minimum Gasteiger partial charge on any atom is -0.486 e. The lowest BCUT2D eigenvalue weighted by atomic mass is 10.1. The van der Waals surface area contributed by atoms with Gasteiger partial charge < -0.3 is 18.6 Å². The van der Waals surface area contributed by atoms with Crippen molar-refractivity contribution in [3.8, 4) is 22.8 Å². The van der Waals surface area contributed by atoms with E-state index in [9.17, 15) is 0 Å². The molecule has 0 amide bonds. The zero-order valence-corrected chi connectivity index (χ0v) is 15.7. The molecule has 136 valence electrons. The van der Waals surface area contributed by atoms with E-state index in [0.29, 0.717) is 24.9 Å². The molecule has 1 aromatic carbocycles. The number of thioether (sulfide) groups is 1. The molecule has 3 aromatic rings. The summed E-state index contributed by atoms with van der Waals surface area (Å²) in [7, 11) is 0. The van der Waals surface area contributed by atoms with Gasteiger partial charge >= 0.3 is 0 Å². The third kappa shape index (κ3) is 3.16. The second-order valence-corrected chi connectivity index (χ2v) is 7.28. The van der Waals surface area contributed by atoms with Crippen LogP contribution in [-0.4, -0.2) is 32.9 Å². The van der Waals surface area contributed by atoms with E-state index < -0.39 is 0 Å². The molecule has 4 rings (SSSR count). The molecule has 0 radical (unpaired) electrons. The van der Waals surface area contributed by atoms with E-state index >= 15 is 0 Å². The van der Waals surface area contributed by atoms with Crippen LogP contribution in [0, 0.1) is 6.92 Å². The number of aromatic nitrogens is 4. The zero-order valence-electron chi connectivity index (χ0n) is 14.9. The number of hydrogen-bond acceptors (Lipinski definition) is 7. The molecule has 2 aromatic heterocycles. The van der Waals surface area contributed by atoms with E-state index in [1.54, 1.807) is 11.8 Å². The number of ether oxygens (including phenoxy) is 2. The third-order valence-electron chi connectivity index (χ3n) is 4.15. The largest absolute Gasteiger partial charge is 0.486 e. The Kier molecular flexibility index (Phi) is 4.58. The van der Waals surface area contributed by atoms with Crippen LogP contribution in [0.3, 0.4) is 0 Å². The minimum absolute atomic E-state index is 0.0250. The quantitative estimate of drug-likeness (QED) is 0.629. The monoisotopic (exact) mass is 372 g/mol. The van der Waals surface area contributed by atoms with Gasteiger partial charge in [0.1, 0.15) is 13.2 Å². The lowest BCUT2D eigenvalue weighted by Crippen LogP contribution is -2.15. The highest BCUT2D eigenvalue weighted by Gasteiger charge is 2.20. The molecule has 1 unspecified atom stereocenters. The first-order valence-electron chi connectivity index (χ1n) is 8.58. The highest BCUT2D eigenvalue weighted by molar-refractivity contribution is 7.99. The van der Waals surface area contributed by atoms with Gasteiger partial charge in [-0.3, -0.25) is 0 Å². The van der Waals surface area contributed by atoms with Crippen LogP contribution in [-0.2, 0) is 6.54 Å². The van der Waals surface area contributed by atoms with Gasteiger partial charge in [-0.05, 0) is 39.0 Å². The van der Waals surface area contributed by atoms with E-state index in [2.05, 4.69) is 26.6 Å². The molecule has 0 fully saturated rings. The van der Waals surface area contributed by atoms with Gasteiger partial charge in [0.25, 0.3) is 0 Å². The molecule has 0 spiro atoms. The summed E-state index contributed by atoms with van der Waals surface area (Å²) in [6, 6.07) is 6.00. The zero-order chi connectivity index (χ0) is 18.1. The summed E-state index contributed by atoms with van der Waals surface area (Å²) >= 11 is 1.61. The molecule has 0 saturated carbocycles. The van der Waals surface area contributed by atoms with Gasteiger partial charge in [-0.15, -0.1) is 0 Å². The molecule has 1 aliphatic heterocycles. The molecule has 0 aliphatic carbocycles. The van der Waals surface area contributed by atoms with Crippen LogP contribution in [0.25, 0.3) is 11.3 Å². The fourth-order valence-electron chi connectivity index (χ4n) is 2.88. The van der Waals surface area contributed by atoms with E-state index in [1.807, 2.05) is 38.2 Å². The Hall–Kier alpha value is -2.48. The van der Waals surface area contributed by atoms with Gasteiger partial charge in [-0.2, -0.15) is 4.98 Å². The molecule has 7 nitrogen and oxygen atoms in total. The summed E-state index contributed by atoms with van der Waals surface area (Å²) in [5.41, 5.74) is 2.10. The van der Waals surface area contributed by atoms with Crippen LogP contribution < -0.4 is 9.47 Å². The van der Waals surface area contributed by atoms with Crippen molar-refractivity contribution in [1.82, 2.24) is 19.7 Å². The van der Waals surface area contributed by atoms with Gasteiger partial charge in [-0.25, -0.2) is 4.98 Å². The van der Waals surface area contributed by atoms with Crippen molar-refractivity contribution in [2.75, 3.05) is 13.2 Å². The normalized spacial score (nSPS) is 14.4. The highest BCUT2D eigenvalue weighted by Crippen LogP contribution is 2.38. The summed E-state index contributed by atoms with van der Waals surface area (Å²) in [5.74, 6) is 2.82. The lowest BCUT2D eigenvalue weighted by molar-refractivity contribution is 0.171. The van der Waals surface area contributed by atoms with Crippen molar-refractivity contribution in [2.24, 2.45) is 0 Å². The molecule has 1 aliphatic rings. The Balaban J connectivity index is 1.62. The van der Waals surface area contributed by atoms with Gasteiger partial charge in [0.15, 0.2) is 22.5 Å². The molecule has 3 heterocycles. The summed E-state index contributed by atoms with van der Waals surface area (Å²) in [5, 5.41) is 4.81. The lowest BCUT2D eigenvalue weighted by Gasteiger charge is -2.19. The van der Waals surface area contributed by atoms with Crippen LogP contribution in [0.15, 0.2) is 34.1 Å². The first-order valence-corrected chi connectivity index (χ1v) is 9.46. The highest BCUT2D eigenvalue weighted by atomic mass is 32.2. The van der Waals surface area contributed by atoms with Crippen LogP contribution in [0.1, 0.15) is 30.8 Å². The maximum Gasteiger partial charge on any atom is 0.239 e. The summed E-state index contributed by atoms with van der Waals surface area (Å²) in [6.45, 7) is 7.93. The fraction of sp³-hybridized carbons (Fsp3) is 0.389. The number of hydrogen-bond donors (Lipinski definition) is 0. The molecular formula is C18H20N4O3S. The summed E-state index contributed by atoms with van der Waals surface area (Å²) in [4.78, 5) is 8.92. The molecular weight excluding hydrogens is 352 g/mol.